The van der Waals surface area contributed by atoms with E-state index in [0.29, 0.717) is 6.61 Å². The van der Waals surface area contributed by atoms with Crippen LogP contribution < -0.4 is 0 Å². The van der Waals surface area contributed by atoms with Crippen LogP contribution in [0, 0.1) is 5.41 Å². The van der Waals surface area contributed by atoms with Crippen LogP contribution in [0.3, 0.4) is 0 Å². The van der Waals surface area contributed by atoms with Gasteiger partial charge in [-0.3, -0.25) is 0 Å². The molecule has 2 aliphatic rings. The number of allylic oxidation sites excluding steroid dienone is 8. The van der Waals surface area contributed by atoms with Gasteiger partial charge in [-0.05, 0) is 31.4 Å². The highest BCUT2D eigenvalue weighted by atomic mass is 16.5. The Labute approximate surface area is 114 Å². The lowest BCUT2D eigenvalue weighted by Crippen LogP contribution is -2.24. The molecule has 0 radical (unpaired) electrons. The summed E-state index contributed by atoms with van der Waals surface area (Å²) in [4.78, 5) is 12.3. The van der Waals surface area contributed by atoms with Crippen molar-refractivity contribution in [3.8, 4) is 0 Å². The van der Waals surface area contributed by atoms with Gasteiger partial charge >= 0.3 is 5.97 Å². The number of fused-ring (bicyclic) bond motifs is 1. The number of rotatable bonds is 3. The molecule has 0 amide bonds. The van der Waals surface area contributed by atoms with Crippen molar-refractivity contribution in [2.75, 3.05) is 6.61 Å². The van der Waals surface area contributed by atoms with E-state index in [2.05, 4.69) is 19.6 Å². The van der Waals surface area contributed by atoms with Gasteiger partial charge in [0.15, 0.2) is 0 Å². The average molecular weight is 256 g/mol. The van der Waals surface area contributed by atoms with E-state index in [9.17, 15) is 4.79 Å². The Balaban J connectivity index is 2.59. The summed E-state index contributed by atoms with van der Waals surface area (Å²) in [6.07, 6.45) is 10.8. The van der Waals surface area contributed by atoms with Crippen LogP contribution in [0.4, 0.5) is 0 Å². The zero-order valence-corrected chi connectivity index (χ0v) is 11.8. The summed E-state index contributed by atoms with van der Waals surface area (Å²) in [7, 11) is 0. The van der Waals surface area contributed by atoms with E-state index in [4.69, 9.17) is 4.74 Å². The van der Waals surface area contributed by atoms with Crippen molar-refractivity contribution in [1.29, 1.82) is 0 Å². The van der Waals surface area contributed by atoms with Gasteiger partial charge in [0, 0.05) is 5.41 Å². The Kier molecular flexibility index (Phi) is 3.61. The molecule has 100 valence electrons. The number of hydrogen-bond acceptors (Lipinski definition) is 2. The quantitative estimate of drug-likeness (QED) is 0.565. The van der Waals surface area contributed by atoms with Crippen LogP contribution in [0.5, 0.6) is 0 Å². The molecular weight excluding hydrogens is 236 g/mol. The first kappa shape index (κ1) is 13.6. The maximum absolute atomic E-state index is 12.3. The van der Waals surface area contributed by atoms with Crippen LogP contribution in [0.1, 0.15) is 27.2 Å². The second-order valence-corrected chi connectivity index (χ2v) is 5.23. The van der Waals surface area contributed by atoms with Crippen LogP contribution in [0.25, 0.3) is 0 Å². The lowest BCUT2D eigenvalue weighted by molar-refractivity contribution is -0.139. The summed E-state index contributed by atoms with van der Waals surface area (Å²) >= 11 is 0. The van der Waals surface area contributed by atoms with Crippen LogP contribution in [-0.4, -0.2) is 12.6 Å². The van der Waals surface area contributed by atoms with Gasteiger partial charge in [-0.2, -0.15) is 0 Å². The summed E-state index contributed by atoms with van der Waals surface area (Å²) in [6, 6.07) is 0. The monoisotopic (exact) mass is 256 g/mol. The van der Waals surface area contributed by atoms with E-state index in [0.717, 1.165) is 23.1 Å². The molecule has 2 nitrogen and oxygen atoms in total. The maximum atomic E-state index is 12.3. The normalized spacial score (nSPS) is 24.9. The van der Waals surface area contributed by atoms with Gasteiger partial charge < -0.3 is 4.74 Å². The second kappa shape index (κ2) is 5.04. The fraction of sp³-hybridized carbons (Fsp3) is 0.353. The fourth-order valence-corrected chi connectivity index (χ4v) is 2.65. The fourth-order valence-electron chi connectivity index (χ4n) is 2.65. The van der Waals surface area contributed by atoms with Crippen LogP contribution in [0.2, 0.25) is 0 Å². The number of ether oxygens (including phenoxy) is 1. The third-order valence-electron chi connectivity index (χ3n) is 3.92. The van der Waals surface area contributed by atoms with E-state index >= 15 is 0 Å². The third-order valence-corrected chi connectivity index (χ3v) is 3.92. The zero-order valence-electron chi connectivity index (χ0n) is 11.8. The van der Waals surface area contributed by atoms with E-state index < -0.39 is 0 Å². The predicted molar refractivity (Wildman–Crippen MR) is 77.6 cm³/mol. The summed E-state index contributed by atoms with van der Waals surface area (Å²) in [5, 5.41) is 0. The van der Waals surface area contributed by atoms with E-state index in [1.165, 1.54) is 5.57 Å². The lowest BCUT2D eigenvalue weighted by Gasteiger charge is -2.27. The Morgan fingerprint density at radius 1 is 1.42 bits per heavy atom. The summed E-state index contributed by atoms with van der Waals surface area (Å²) in [5.74, 6) is -0.224. The van der Waals surface area contributed by atoms with Gasteiger partial charge in [0.05, 0.1) is 12.2 Å². The highest BCUT2D eigenvalue weighted by molar-refractivity contribution is 5.95. The minimum absolute atomic E-state index is 0.224. The molecule has 0 fully saturated rings. The minimum atomic E-state index is -0.330. The first-order valence-corrected chi connectivity index (χ1v) is 6.63. The largest absolute Gasteiger partial charge is 0.463 e. The molecule has 0 aliphatic heterocycles. The Hall–Kier alpha value is -1.83. The summed E-state index contributed by atoms with van der Waals surface area (Å²) < 4.78 is 5.24. The molecule has 1 atom stereocenters. The molecule has 0 bridgehead atoms. The van der Waals surface area contributed by atoms with E-state index in [1.807, 2.05) is 38.2 Å². The molecule has 19 heavy (non-hydrogen) atoms. The van der Waals surface area contributed by atoms with Gasteiger partial charge in [0.2, 0.25) is 0 Å². The molecule has 2 heteroatoms. The third kappa shape index (κ3) is 2.23. The highest BCUT2D eigenvalue weighted by Crippen LogP contribution is 2.51. The minimum Gasteiger partial charge on any atom is -0.463 e. The summed E-state index contributed by atoms with van der Waals surface area (Å²) in [5.41, 5.74) is 3.58. The molecule has 2 rings (SSSR count). The van der Waals surface area contributed by atoms with Crippen molar-refractivity contribution >= 4 is 5.97 Å². The van der Waals surface area contributed by atoms with Gasteiger partial charge in [-0.1, -0.05) is 49.5 Å². The summed E-state index contributed by atoms with van der Waals surface area (Å²) in [6.45, 7) is 10.3. The Morgan fingerprint density at radius 2 is 2.16 bits per heavy atom. The lowest BCUT2D eigenvalue weighted by atomic mass is 9.77. The van der Waals surface area contributed by atoms with Crippen molar-refractivity contribution in [3.63, 3.8) is 0 Å². The van der Waals surface area contributed by atoms with Gasteiger partial charge in [0.1, 0.15) is 0 Å². The van der Waals surface area contributed by atoms with Gasteiger partial charge in [-0.15, -0.1) is 0 Å². The first-order chi connectivity index (χ1) is 9.00. The molecule has 0 spiro atoms. The number of hydrogen-bond donors (Lipinski definition) is 0. The number of esters is 1. The molecule has 0 aromatic rings. The van der Waals surface area contributed by atoms with Crippen LogP contribution >= 0.6 is 0 Å². The predicted octanol–water partition coefficient (Wildman–Crippen LogP) is 3.88. The molecular formula is C17H20O2. The van der Waals surface area contributed by atoms with Gasteiger partial charge in [0.25, 0.3) is 0 Å². The number of carbonyl (C=O) groups excluding carboxylic acids is 1. The standard InChI is InChI=1S/C17H20O2/c1-5-19-16(18)15-14-10-8-6-7-9-13(14)11-17(15,4)12(2)3/h6-10H,2,5,11H2,1,3-4H3. The van der Waals surface area contributed by atoms with Crippen molar-refractivity contribution in [2.24, 2.45) is 5.41 Å². The first-order valence-electron chi connectivity index (χ1n) is 6.63. The van der Waals surface area contributed by atoms with Crippen molar-refractivity contribution < 1.29 is 9.53 Å². The molecule has 0 heterocycles. The maximum Gasteiger partial charge on any atom is 0.335 e. The molecule has 0 aromatic carbocycles. The molecule has 1 unspecified atom stereocenters. The second-order valence-electron chi connectivity index (χ2n) is 5.23. The Morgan fingerprint density at radius 3 is 2.79 bits per heavy atom. The van der Waals surface area contributed by atoms with Gasteiger partial charge in [-0.25, -0.2) is 4.79 Å². The van der Waals surface area contributed by atoms with E-state index in [-0.39, 0.29) is 11.4 Å². The van der Waals surface area contributed by atoms with Crippen molar-refractivity contribution in [1.82, 2.24) is 0 Å². The number of carbonyl (C=O) groups is 1. The Bertz CT molecular complexity index is 544. The SMILES string of the molecule is C=C(C)C1(C)CC2=CC=CC=CC2=C1C(=O)OCC. The smallest absolute Gasteiger partial charge is 0.335 e. The zero-order chi connectivity index (χ0) is 14.0. The van der Waals surface area contributed by atoms with Crippen molar-refractivity contribution in [3.05, 3.63) is 59.3 Å². The topological polar surface area (TPSA) is 26.3 Å². The molecule has 0 aromatic heterocycles. The van der Waals surface area contributed by atoms with Crippen molar-refractivity contribution in [2.45, 2.75) is 27.2 Å². The van der Waals surface area contributed by atoms with Crippen LogP contribution in [0.15, 0.2) is 59.3 Å². The highest BCUT2D eigenvalue weighted by Gasteiger charge is 2.43. The van der Waals surface area contributed by atoms with E-state index in [1.54, 1.807) is 0 Å². The average Bonchev–Trinajstić information content (AvgIpc) is 2.48. The molecule has 0 saturated heterocycles. The molecule has 0 saturated carbocycles. The molecule has 2 aliphatic carbocycles. The molecule has 0 N–H and O–H groups in total. The van der Waals surface area contributed by atoms with Crippen LogP contribution in [-0.2, 0) is 9.53 Å².